The van der Waals surface area contributed by atoms with Crippen LogP contribution in [-0.4, -0.2) is 64.7 Å². The van der Waals surface area contributed by atoms with Crippen LogP contribution in [0, 0.1) is 6.92 Å². The number of hydrogen-bond donors (Lipinski definition) is 1. The minimum atomic E-state index is 0.581. The summed E-state index contributed by atoms with van der Waals surface area (Å²) in [4.78, 5) is 9.64. The number of aromatic nitrogens is 2. The molecule has 1 N–H and O–H groups in total. The maximum absolute atomic E-state index is 4.59. The molecule has 2 atom stereocenters. The Labute approximate surface area is 151 Å². The van der Waals surface area contributed by atoms with E-state index in [1.807, 2.05) is 0 Å². The quantitative estimate of drug-likeness (QED) is 0.927. The first-order chi connectivity index (χ1) is 12.0. The number of pyridine rings is 1. The fraction of sp³-hybridized carbons (Fsp3) is 0.650. The maximum atomic E-state index is 4.59. The van der Waals surface area contributed by atoms with Crippen molar-refractivity contribution in [1.29, 1.82) is 0 Å². The van der Waals surface area contributed by atoms with Gasteiger partial charge < -0.3 is 14.8 Å². The predicted molar refractivity (Wildman–Crippen MR) is 103 cm³/mol. The zero-order chi connectivity index (χ0) is 17.6. The lowest BCUT2D eigenvalue weighted by Crippen LogP contribution is -2.54. The molecule has 25 heavy (non-hydrogen) atoms. The van der Waals surface area contributed by atoms with Gasteiger partial charge in [0.1, 0.15) is 0 Å². The molecule has 0 aromatic carbocycles. The van der Waals surface area contributed by atoms with Crippen molar-refractivity contribution in [2.75, 3.05) is 33.2 Å². The molecule has 1 saturated heterocycles. The number of fused-ring (bicyclic) bond motifs is 3. The van der Waals surface area contributed by atoms with Crippen molar-refractivity contribution in [3.05, 3.63) is 29.2 Å². The first kappa shape index (κ1) is 17.0. The topological polar surface area (TPSA) is 36.3 Å². The van der Waals surface area contributed by atoms with Crippen LogP contribution in [0.3, 0.4) is 0 Å². The van der Waals surface area contributed by atoms with Crippen LogP contribution in [0.2, 0.25) is 0 Å². The van der Waals surface area contributed by atoms with Crippen LogP contribution in [0.4, 0.5) is 0 Å². The van der Waals surface area contributed by atoms with Crippen LogP contribution < -0.4 is 5.32 Å². The van der Waals surface area contributed by atoms with Gasteiger partial charge in [-0.25, -0.2) is 0 Å². The summed E-state index contributed by atoms with van der Waals surface area (Å²) < 4.78 is 2.56. The van der Waals surface area contributed by atoms with Gasteiger partial charge in [-0.05, 0) is 39.4 Å². The molecule has 0 spiro atoms. The summed E-state index contributed by atoms with van der Waals surface area (Å²) in [7, 11) is 2.23. The number of likely N-dealkylation sites (N-methyl/N-ethyl adjacent to an activating group) is 1. The van der Waals surface area contributed by atoms with E-state index in [2.05, 4.69) is 64.7 Å². The molecule has 4 rings (SSSR count). The van der Waals surface area contributed by atoms with Gasteiger partial charge in [0.15, 0.2) is 0 Å². The molecule has 4 heterocycles. The number of aryl methyl sites for hydroxylation is 1. The third-order valence-electron chi connectivity index (χ3n) is 5.74. The van der Waals surface area contributed by atoms with Crippen molar-refractivity contribution in [1.82, 2.24) is 24.7 Å². The van der Waals surface area contributed by atoms with Crippen molar-refractivity contribution < 1.29 is 0 Å². The lowest BCUT2D eigenvalue weighted by molar-refractivity contribution is 0.168. The third-order valence-corrected chi connectivity index (χ3v) is 5.74. The Morgan fingerprint density at radius 1 is 1.20 bits per heavy atom. The van der Waals surface area contributed by atoms with Crippen molar-refractivity contribution >= 4 is 10.9 Å². The van der Waals surface area contributed by atoms with E-state index >= 15 is 0 Å². The van der Waals surface area contributed by atoms with Gasteiger partial charge in [-0.3, -0.25) is 9.88 Å². The second kappa shape index (κ2) is 6.71. The number of hydrogen-bond acceptors (Lipinski definition) is 4. The fourth-order valence-corrected chi connectivity index (χ4v) is 4.70. The van der Waals surface area contributed by atoms with Crippen LogP contribution in [0.25, 0.3) is 10.9 Å². The standard InChI is InChI=1S/C20H31N5/c1-14-9-17-18-13-23(4)6-5-19(18)25(20(17)10-21-14)8-7-24-11-15(2)22-16(3)12-24/h9-10,15-16,22H,5-8,11-13H2,1-4H3/t15-,16-/m0/s1. The van der Waals surface area contributed by atoms with Crippen LogP contribution in [0.1, 0.15) is 30.8 Å². The number of nitrogens with one attached hydrogen (secondary N) is 1. The molecule has 0 unspecified atom stereocenters. The molecule has 5 heteroatoms. The zero-order valence-corrected chi connectivity index (χ0v) is 16.0. The Hall–Kier alpha value is -1.43. The Morgan fingerprint density at radius 3 is 2.72 bits per heavy atom. The highest BCUT2D eigenvalue weighted by atomic mass is 15.2. The lowest BCUT2D eigenvalue weighted by Gasteiger charge is -2.36. The van der Waals surface area contributed by atoms with Gasteiger partial charge in [-0.15, -0.1) is 0 Å². The second-order valence-electron chi connectivity index (χ2n) is 8.14. The third kappa shape index (κ3) is 3.33. The molecule has 0 amide bonds. The highest BCUT2D eigenvalue weighted by molar-refractivity contribution is 5.85. The maximum Gasteiger partial charge on any atom is 0.0673 e. The van der Waals surface area contributed by atoms with Crippen molar-refractivity contribution in [3.63, 3.8) is 0 Å². The van der Waals surface area contributed by atoms with Gasteiger partial charge in [-0.2, -0.15) is 0 Å². The number of nitrogens with zero attached hydrogens (tertiary/aromatic N) is 4. The van der Waals surface area contributed by atoms with Crippen LogP contribution in [-0.2, 0) is 19.5 Å². The molecule has 2 aliphatic rings. The second-order valence-corrected chi connectivity index (χ2v) is 8.14. The van der Waals surface area contributed by atoms with Gasteiger partial charge in [0.25, 0.3) is 0 Å². The monoisotopic (exact) mass is 341 g/mol. The summed E-state index contributed by atoms with van der Waals surface area (Å²) in [5.74, 6) is 0. The minimum absolute atomic E-state index is 0.581. The summed E-state index contributed by atoms with van der Waals surface area (Å²) in [6.07, 6.45) is 3.24. The summed E-state index contributed by atoms with van der Waals surface area (Å²) in [6.45, 7) is 13.4. The van der Waals surface area contributed by atoms with Crippen molar-refractivity contribution in [3.8, 4) is 0 Å². The molecule has 2 aliphatic heterocycles. The number of rotatable bonds is 3. The largest absolute Gasteiger partial charge is 0.342 e. The molecule has 1 fully saturated rings. The molecule has 0 saturated carbocycles. The molecule has 0 aliphatic carbocycles. The van der Waals surface area contributed by atoms with Crippen LogP contribution in [0.5, 0.6) is 0 Å². The van der Waals surface area contributed by atoms with E-state index in [1.54, 1.807) is 0 Å². The summed E-state index contributed by atoms with van der Waals surface area (Å²) in [5.41, 5.74) is 5.50. The molecule has 0 bridgehead atoms. The summed E-state index contributed by atoms with van der Waals surface area (Å²) >= 11 is 0. The molecule has 2 aromatic heterocycles. The summed E-state index contributed by atoms with van der Waals surface area (Å²) in [6, 6.07) is 3.44. The molecule has 0 radical (unpaired) electrons. The molecule has 5 nitrogen and oxygen atoms in total. The molecule has 136 valence electrons. The first-order valence-electron chi connectivity index (χ1n) is 9.65. The van der Waals surface area contributed by atoms with E-state index in [1.165, 1.54) is 22.2 Å². The van der Waals surface area contributed by atoms with E-state index in [4.69, 9.17) is 0 Å². The predicted octanol–water partition coefficient (Wildman–Crippen LogP) is 2.01. The smallest absolute Gasteiger partial charge is 0.0673 e. The SMILES string of the molecule is Cc1cc2c3c(n(CCN4C[C@H](C)N[C@@H](C)C4)c2cn1)CCN(C)C3. The normalized spacial score (nSPS) is 25.4. The average molecular weight is 342 g/mol. The van der Waals surface area contributed by atoms with Gasteiger partial charge in [0.2, 0.25) is 0 Å². The Bertz CT molecular complexity index is 755. The van der Waals surface area contributed by atoms with Crippen molar-refractivity contribution in [2.24, 2.45) is 0 Å². The van der Waals surface area contributed by atoms with E-state index in [9.17, 15) is 0 Å². The van der Waals surface area contributed by atoms with Gasteiger partial charge in [-0.1, -0.05) is 0 Å². The highest BCUT2D eigenvalue weighted by Crippen LogP contribution is 2.30. The highest BCUT2D eigenvalue weighted by Gasteiger charge is 2.24. The van der Waals surface area contributed by atoms with Crippen molar-refractivity contribution in [2.45, 2.75) is 52.4 Å². The number of piperazine rings is 1. The first-order valence-corrected chi connectivity index (χ1v) is 9.65. The van der Waals surface area contributed by atoms with Gasteiger partial charge in [0.05, 0.1) is 11.7 Å². The van der Waals surface area contributed by atoms with E-state index in [0.717, 1.165) is 51.4 Å². The molecular formula is C20H31N5. The van der Waals surface area contributed by atoms with E-state index in [-0.39, 0.29) is 0 Å². The Morgan fingerprint density at radius 2 is 1.96 bits per heavy atom. The molecular weight excluding hydrogens is 310 g/mol. The van der Waals surface area contributed by atoms with Gasteiger partial charge in [0, 0.05) is 74.5 Å². The Balaban J connectivity index is 1.63. The van der Waals surface area contributed by atoms with Crippen LogP contribution in [0.15, 0.2) is 12.3 Å². The zero-order valence-electron chi connectivity index (χ0n) is 16.0. The van der Waals surface area contributed by atoms with Gasteiger partial charge >= 0.3 is 0 Å². The minimum Gasteiger partial charge on any atom is -0.342 e. The average Bonchev–Trinajstić information content (AvgIpc) is 2.84. The van der Waals surface area contributed by atoms with E-state index < -0.39 is 0 Å². The van der Waals surface area contributed by atoms with E-state index in [0.29, 0.717) is 12.1 Å². The Kier molecular flexibility index (Phi) is 4.56. The lowest BCUT2D eigenvalue weighted by atomic mass is 10.1. The summed E-state index contributed by atoms with van der Waals surface area (Å²) in [5, 5.41) is 5.04. The van der Waals surface area contributed by atoms with Crippen LogP contribution >= 0.6 is 0 Å². The fourth-order valence-electron chi connectivity index (χ4n) is 4.70. The molecule has 2 aromatic rings.